The van der Waals surface area contributed by atoms with Crippen LogP contribution in [0.3, 0.4) is 0 Å². The fraction of sp³-hybridized carbons (Fsp3) is 0.0435. The molecule has 0 saturated carbocycles. The molecule has 0 spiro atoms. The average molecular weight is 642 g/mol. The summed E-state index contributed by atoms with van der Waals surface area (Å²) in [7, 11) is 0. The summed E-state index contributed by atoms with van der Waals surface area (Å²) >= 11 is 16.7. The fourth-order valence-electron chi connectivity index (χ4n) is 2.93. The maximum atomic E-state index is 12.4. The molecule has 0 unspecified atom stereocenters. The monoisotopic (exact) mass is 638 g/mol. The third-order valence-corrected chi connectivity index (χ3v) is 6.30. The molecular weight excluding hydrogens is 627 g/mol. The third-order valence-electron chi connectivity index (χ3n) is 4.39. The van der Waals surface area contributed by atoms with Crippen molar-refractivity contribution in [2.45, 2.75) is 6.61 Å². The molecule has 1 N–H and O–H groups in total. The number of carbonyl (C=O) groups excluding carboxylic acids is 1. The number of furan rings is 1. The van der Waals surface area contributed by atoms with Crippen LogP contribution in [0.25, 0.3) is 11.0 Å². The number of ether oxygens (including phenoxy) is 1. The quantitative estimate of drug-likeness (QED) is 0.173. The van der Waals surface area contributed by atoms with Gasteiger partial charge in [-0.05, 0) is 73.3 Å². The standard InChI is InChI=1S/C23H14Br3ClN2O3/c24-16-8-15-9-20(32-21(15)18(26)10-16)23(30)29-28-11-14-6-17(25)22(19(27)7-14)31-12-13-4-2-1-3-5-13/h1-11H,12H2,(H,29,30)/b28-11-. The molecule has 4 aromatic rings. The zero-order valence-electron chi connectivity index (χ0n) is 16.2. The second kappa shape index (κ2) is 10.2. The van der Waals surface area contributed by atoms with E-state index in [4.69, 9.17) is 20.8 Å². The first-order chi connectivity index (χ1) is 15.4. The van der Waals surface area contributed by atoms with Crippen LogP contribution in [0.4, 0.5) is 0 Å². The van der Waals surface area contributed by atoms with Crippen LogP contribution in [-0.2, 0) is 6.61 Å². The van der Waals surface area contributed by atoms with Gasteiger partial charge in [-0.2, -0.15) is 5.10 Å². The first-order valence-corrected chi connectivity index (χ1v) is 12.0. The van der Waals surface area contributed by atoms with Gasteiger partial charge in [-0.15, -0.1) is 0 Å². The van der Waals surface area contributed by atoms with Crippen molar-refractivity contribution in [1.29, 1.82) is 0 Å². The number of fused-ring (bicyclic) bond motifs is 1. The van der Waals surface area contributed by atoms with Crippen molar-refractivity contribution in [2.75, 3.05) is 0 Å². The Bertz CT molecular complexity index is 1300. The highest BCUT2D eigenvalue weighted by molar-refractivity contribution is 9.11. The molecular formula is C23H14Br3ClN2O3. The second-order valence-corrected chi connectivity index (χ2v) is 9.74. The van der Waals surface area contributed by atoms with Crippen LogP contribution < -0.4 is 10.2 Å². The Balaban J connectivity index is 1.43. The van der Waals surface area contributed by atoms with Gasteiger partial charge in [0, 0.05) is 9.86 Å². The molecule has 0 aliphatic heterocycles. The van der Waals surface area contributed by atoms with E-state index in [0.717, 1.165) is 19.9 Å². The van der Waals surface area contributed by atoms with E-state index in [1.807, 2.05) is 42.5 Å². The minimum atomic E-state index is -0.464. The zero-order chi connectivity index (χ0) is 22.7. The van der Waals surface area contributed by atoms with Gasteiger partial charge in [0.05, 0.1) is 20.2 Å². The zero-order valence-corrected chi connectivity index (χ0v) is 21.8. The predicted octanol–water partition coefficient (Wildman–Crippen LogP) is 7.72. The molecule has 0 aliphatic carbocycles. The molecule has 0 atom stereocenters. The van der Waals surface area contributed by atoms with Crippen LogP contribution in [0.5, 0.6) is 5.75 Å². The van der Waals surface area contributed by atoms with Gasteiger partial charge in [-0.1, -0.05) is 57.9 Å². The van der Waals surface area contributed by atoms with Crippen LogP contribution in [0.1, 0.15) is 21.7 Å². The van der Waals surface area contributed by atoms with Crippen molar-refractivity contribution >= 4 is 82.5 Å². The van der Waals surface area contributed by atoms with E-state index < -0.39 is 5.91 Å². The lowest BCUT2D eigenvalue weighted by atomic mass is 10.2. The lowest BCUT2D eigenvalue weighted by molar-refractivity contribution is 0.0929. The largest absolute Gasteiger partial charge is 0.486 e. The Morgan fingerprint density at radius 2 is 1.84 bits per heavy atom. The minimum Gasteiger partial charge on any atom is -0.486 e. The topological polar surface area (TPSA) is 63.8 Å². The van der Waals surface area contributed by atoms with Crippen LogP contribution in [0, 0.1) is 0 Å². The molecule has 162 valence electrons. The van der Waals surface area contributed by atoms with Crippen molar-refractivity contribution in [1.82, 2.24) is 5.43 Å². The number of nitrogens with zero attached hydrogens (tertiary/aromatic N) is 1. The second-order valence-electron chi connectivity index (χ2n) is 6.70. The first-order valence-electron chi connectivity index (χ1n) is 9.28. The van der Waals surface area contributed by atoms with E-state index in [1.54, 1.807) is 18.2 Å². The summed E-state index contributed by atoms with van der Waals surface area (Å²) in [5.41, 5.74) is 4.77. The summed E-state index contributed by atoms with van der Waals surface area (Å²) in [5.74, 6) is 0.226. The van der Waals surface area contributed by atoms with Crippen LogP contribution in [-0.4, -0.2) is 12.1 Å². The van der Waals surface area contributed by atoms with E-state index in [2.05, 4.69) is 58.3 Å². The molecule has 1 amide bonds. The molecule has 5 nitrogen and oxygen atoms in total. The average Bonchev–Trinajstić information content (AvgIpc) is 3.18. The Hall–Kier alpha value is -2.13. The summed E-state index contributed by atoms with van der Waals surface area (Å²) in [5, 5.41) is 5.23. The van der Waals surface area contributed by atoms with Gasteiger partial charge in [0.1, 0.15) is 12.2 Å². The molecule has 3 aromatic carbocycles. The van der Waals surface area contributed by atoms with Crippen molar-refractivity contribution in [2.24, 2.45) is 5.10 Å². The van der Waals surface area contributed by atoms with Gasteiger partial charge in [0.15, 0.2) is 11.5 Å². The number of hydrazone groups is 1. The highest BCUT2D eigenvalue weighted by Crippen LogP contribution is 2.35. The minimum absolute atomic E-state index is 0.153. The van der Waals surface area contributed by atoms with E-state index in [9.17, 15) is 4.79 Å². The number of nitrogens with one attached hydrogen (secondary N) is 1. The van der Waals surface area contributed by atoms with Gasteiger partial charge in [0.25, 0.3) is 0 Å². The number of hydrogen-bond donors (Lipinski definition) is 1. The van der Waals surface area contributed by atoms with E-state index in [0.29, 0.717) is 33.0 Å². The summed E-state index contributed by atoms with van der Waals surface area (Å²) < 4.78 is 13.8. The summed E-state index contributed by atoms with van der Waals surface area (Å²) in [6, 6.07) is 18.7. The van der Waals surface area contributed by atoms with Crippen LogP contribution in [0.2, 0.25) is 5.02 Å². The molecule has 9 heteroatoms. The lowest BCUT2D eigenvalue weighted by Crippen LogP contribution is -2.16. The molecule has 4 rings (SSSR count). The number of benzene rings is 3. The third kappa shape index (κ3) is 5.43. The maximum absolute atomic E-state index is 12.4. The SMILES string of the molecule is O=C(N/N=C\c1cc(Cl)c(OCc2ccccc2)c(Br)c1)c1cc2cc(Br)cc(Br)c2o1. The molecule has 32 heavy (non-hydrogen) atoms. The van der Waals surface area contributed by atoms with Crippen LogP contribution >= 0.6 is 59.4 Å². The Kier molecular flexibility index (Phi) is 7.35. The molecule has 1 aromatic heterocycles. The van der Waals surface area contributed by atoms with Gasteiger partial charge in [-0.3, -0.25) is 4.79 Å². The molecule has 0 saturated heterocycles. The van der Waals surface area contributed by atoms with Gasteiger partial charge in [-0.25, -0.2) is 5.43 Å². The normalized spacial score (nSPS) is 11.2. The number of carbonyl (C=O) groups is 1. The van der Waals surface area contributed by atoms with Crippen molar-refractivity contribution in [3.8, 4) is 5.75 Å². The Morgan fingerprint density at radius 1 is 1.06 bits per heavy atom. The van der Waals surface area contributed by atoms with Crippen LogP contribution in [0.15, 0.2) is 83.6 Å². The highest BCUT2D eigenvalue weighted by atomic mass is 79.9. The molecule has 0 radical (unpaired) electrons. The van der Waals surface area contributed by atoms with Crippen molar-refractivity contribution < 1.29 is 13.9 Å². The van der Waals surface area contributed by atoms with E-state index >= 15 is 0 Å². The highest BCUT2D eigenvalue weighted by Gasteiger charge is 2.14. The van der Waals surface area contributed by atoms with Crippen molar-refractivity contribution in [3.05, 3.63) is 96.0 Å². The predicted molar refractivity (Wildman–Crippen MR) is 137 cm³/mol. The number of hydrogen-bond acceptors (Lipinski definition) is 4. The van der Waals surface area contributed by atoms with Gasteiger partial charge in [0.2, 0.25) is 0 Å². The van der Waals surface area contributed by atoms with E-state index in [-0.39, 0.29) is 5.76 Å². The number of rotatable bonds is 6. The fourth-order valence-corrected chi connectivity index (χ4v) is 5.26. The molecule has 0 bridgehead atoms. The molecule has 1 heterocycles. The maximum Gasteiger partial charge on any atom is 0.307 e. The summed E-state index contributed by atoms with van der Waals surface area (Å²) in [6.45, 7) is 0.396. The summed E-state index contributed by atoms with van der Waals surface area (Å²) in [4.78, 5) is 12.4. The number of halogens is 4. The van der Waals surface area contributed by atoms with E-state index in [1.165, 1.54) is 6.21 Å². The Labute approximate surface area is 214 Å². The molecule has 0 fully saturated rings. The molecule has 0 aliphatic rings. The van der Waals surface area contributed by atoms with Crippen molar-refractivity contribution in [3.63, 3.8) is 0 Å². The smallest absolute Gasteiger partial charge is 0.307 e. The number of amides is 1. The summed E-state index contributed by atoms with van der Waals surface area (Å²) in [6.07, 6.45) is 1.49. The van der Waals surface area contributed by atoms with Gasteiger partial charge >= 0.3 is 5.91 Å². The lowest BCUT2D eigenvalue weighted by Gasteiger charge is -2.11. The van der Waals surface area contributed by atoms with Gasteiger partial charge < -0.3 is 9.15 Å². The first kappa shape index (κ1) is 23.0. The Morgan fingerprint density at radius 3 is 2.59 bits per heavy atom.